The molecular formula is C11H19N3. The van der Waals surface area contributed by atoms with Crippen molar-refractivity contribution in [3.63, 3.8) is 0 Å². The first-order chi connectivity index (χ1) is 6.74. The Morgan fingerprint density at radius 1 is 1.43 bits per heavy atom. The van der Waals surface area contributed by atoms with Gasteiger partial charge in [-0.1, -0.05) is 13.8 Å². The van der Waals surface area contributed by atoms with Crippen molar-refractivity contribution in [1.82, 2.24) is 15.3 Å². The van der Waals surface area contributed by atoms with Crippen molar-refractivity contribution >= 4 is 0 Å². The summed E-state index contributed by atoms with van der Waals surface area (Å²) in [5, 5.41) is 3.13. The van der Waals surface area contributed by atoms with E-state index in [2.05, 4.69) is 29.1 Å². The molecule has 0 aliphatic heterocycles. The van der Waals surface area contributed by atoms with Crippen LogP contribution in [0.25, 0.3) is 0 Å². The summed E-state index contributed by atoms with van der Waals surface area (Å²) in [6.45, 7) is 5.28. The lowest BCUT2D eigenvalue weighted by molar-refractivity contribution is 0.698. The Morgan fingerprint density at radius 2 is 2.21 bits per heavy atom. The minimum atomic E-state index is 0.416. The van der Waals surface area contributed by atoms with E-state index in [-0.39, 0.29) is 0 Å². The smallest absolute Gasteiger partial charge is 0.131 e. The Bertz CT molecular complexity index is 271. The molecule has 3 nitrogen and oxygen atoms in total. The van der Waals surface area contributed by atoms with Crippen LogP contribution in [0.2, 0.25) is 0 Å². The van der Waals surface area contributed by atoms with Crippen molar-refractivity contribution in [3.8, 4) is 0 Å². The summed E-state index contributed by atoms with van der Waals surface area (Å²) in [4.78, 5) is 8.75. The first-order valence-corrected chi connectivity index (χ1v) is 5.20. The lowest BCUT2D eigenvalue weighted by atomic mass is 10.2. The Morgan fingerprint density at radius 3 is 2.86 bits per heavy atom. The van der Waals surface area contributed by atoms with Crippen molar-refractivity contribution in [3.05, 3.63) is 23.8 Å². The van der Waals surface area contributed by atoms with Crippen LogP contribution in [0.1, 0.15) is 37.7 Å². The van der Waals surface area contributed by atoms with Gasteiger partial charge in [0.2, 0.25) is 0 Å². The van der Waals surface area contributed by atoms with E-state index < -0.39 is 0 Å². The average molecular weight is 193 g/mol. The third-order valence-electron chi connectivity index (χ3n) is 2.11. The topological polar surface area (TPSA) is 37.8 Å². The molecule has 0 unspecified atom stereocenters. The van der Waals surface area contributed by atoms with Gasteiger partial charge >= 0.3 is 0 Å². The van der Waals surface area contributed by atoms with Gasteiger partial charge in [-0.15, -0.1) is 0 Å². The first-order valence-electron chi connectivity index (χ1n) is 5.20. The molecule has 78 valence electrons. The van der Waals surface area contributed by atoms with Gasteiger partial charge in [-0.05, 0) is 32.5 Å². The van der Waals surface area contributed by atoms with Gasteiger partial charge in [-0.3, -0.25) is 0 Å². The van der Waals surface area contributed by atoms with Crippen LogP contribution >= 0.6 is 0 Å². The molecule has 1 rings (SSSR count). The van der Waals surface area contributed by atoms with Crippen molar-refractivity contribution < 1.29 is 0 Å². The first kappa shape index (κ1) is 11.1. The van der Waals surface area contributed by atoms with E-state index >= 15 is 0 Å². The summed E-state index contributed by atoms with van der Waals surface area (Å²) in [5.74, 6) is 1.37. The predicted octanol–water partition coefficient (Wildman–Crippen LogP) is 1.75. The Balaban J connectivity index is 2.55. The summed E-state index contributed by atoms with van der Waals surface area (Å²) in [7, 11) is 1.97. The van der Waals surface area contributed by atoms with Crippen LogP contribution in [0.3, 0.4) is 0 Å². The third-order valence-corrected chi connectivity index (χ3v) is 2.11. The maximum absolute atomic E-state index is 4.51. The lowest BCUT2D eigenvalue weighted by Gasteiger charge is -2.05. The summed E-state index contributed by atoms with van der Waals surface area (Å²) in [5.41, 5.74) is 1.15. The average Bonchev–Trinajstić information content (AvgIpc) is 2.19. The maximum atomic E-state index is 4.51. The number of nitrogens with one attached hydrogen (secondary N) is 1. The molecule has 0 radical (unpaired) electrons. The highest BCUT2D eigenvalue weighted by Crippen LogP contribution is 2.08. The fourth-order valence-electron chi connectivity index (χ4n) is 1.28. The molecule has 0 fully saturated rings. The number of aromatic nitrogens is 2. The predicted molar refractivity (Wildman–Crippen MR) is 58.4 cm³/mol. The molecule has 1 N–H and O–H groups in total. The molecule has 0 aliphatic rings. The normalized spacial score (nSPS) is 10.9. The number of rotatable bonds is 5. The van der Waals surface area contributed by atoms with E-state index in [1.165, 1.54) is 0 Å². The third kappa shape index (κ3) is 3.42. The molecule has 0 amide bonds. The van der Waals surface area contributed by atoms with Gasteiger partial charge < -0.3 is 5.32 Å². The molecule has 0 saturated heterocycles. The zero-order chi connectivity index (χ0) is 10.4. The van der Waals surface area contributed by atoms with Gasteiger partial charge in [0.1, 0.15) is 5.82 Å². The summed E-state index contributed by atoms with van der Waals surface area (Å²) in [6.07, 6.45) is 4.02. The van der Waals surface area contributed by atoms with Gasteiger partial charge in [0.15, 0.2) is 0 Å². The highest BCUT2D eigenvalue weighted by atomic mass is 14.9. The SMILES string of the molecule is CNCCCc1ccnc(C(C)C)n1. The Labute approximate surface area is 86.0 Å². The largest absolute Gasteiger partial charge is 0.320 e. The van der Waals surface area contributed by atoms with Crippen molar-refractivity contribution in [2.75, 3.05) is 13.6 Å². The second-order valence-corrected chi connectivity index (χ2v) is 3.77. The van der Waals surface area contributed by atoms with Crippen molar-refractivity contribution in [1.29, 1.82) is 0 Å². The van der Waals surface area contributed by atoms with Crippen LogP contribution in [0.5, 0.6) is 0 Å². The Kier molecular flexibility index (Phi) is 4.53. The van der Waals surface area contributed by atoms with Crippen LogP contribution in [0.4, 0.5) is 0 Å². The van der Waals surface area contributed by atoms with Gasteiger partial charge in [-0.2, -0.15) is 0 Å². The monoisotopic (exact) mass is 193 g/mol. The molecule has 1 heterocycles. The summed E-state index contributed by atoms with van der Waals surface area (Å²) in [6, 6.07) is 2.00. The molecule has 14 heavy (non-hydrogen) atoms. The van der Waals surface area contributed by atoms with E-state index in [1.807, 2.05) is 19.3 Å². The molecule has 0 bridgehead atoms. The van der Waals surface area contributed by atoms with Gasteiger partial charge in [-0.25, -0.2) is 9.97 Å². The fourth-order valence-corrected chi connectivity index (χ4v) is 1.28. The van der Waals surface area contributed by atoms with E-state index in [0.29, 0.717) is 5.92 Å². The summed E-state index contributed by atoms with van der Waals surface area (Å²) >= 11 is 0. The highest BCUT2D eigenvalue weighted by molar-refractivity contribution is 5.04. The van der Waals surface area contributed by atoms with E-state index in [4.69, 9.17) is 0 Å². The lowest BCUT2D eigenvalue weighted by Crippen LogP contribution is -2.09. The van der Waals surface area contributed by atoms with E-state index in [9.17, 15) is 0 Å². The molecule has 3 heteroatoms. The standard InChI is InChI=1S/C11H19N3/c1-9(2)11-13-8-6-10(14-11)5-4-7-12-3/h6,8-9,12H,4-5,7H2,1-3H3. The Hall–Kier alpha value is -0.960. The molecule has 0 saturated carbocycles. The molecule has 0 atom stereocenters. The van der Waals surface area contributed by atoms with Crippen molar-refractivity contribution in [2.45, 2.75) is 32.6 Å². The minimum absolute atomic E-state index is 0.416. The van der Waals surface area contributed by atoms with Gasteiger partial charge in [0.05, 0.1) is 0 Å². The highest BCUT2D eigenvalue weighted by Gasteiger charge is 2.02. The maximum Gasteiger partial charge on any atom is 0.131 e. The molecule has 0 aromatic carbocycles. The van der Waals surface area contributed by atoms with Crippen LogP contribution < -0.4 is 5.32 Å². The molecule has 0 spiro atoms. The van der Waals surface area contributed by atoms with Crippen LogP contribution in [-0.2, 0) is 6.42 Å². The number of nitrogens with zero attached hydrogens (tertiary/aromatic N) is 2. The van der Waals surface area contributed by atoms with Gasteiger partial charge in [0, 0.05) is 17.8 Å². The van der Waals surface area contributed by atoms with Gasteiger partial charge in [0.25, 0.3) is 0 Å². The van der Waals surface area contributed by atoms with Crippen LogP contribution in [0, 0.1) is 0 Å². The molecule has 1 aromatic heterocycles. The second kappa shape index (κ2) is 5.70. The molecular weight excluding hydrogens is 174 g/mol. The minimum Gasteiger partial charge on any atom is -0.320 e. The number of aryl methyl sites for hydroxylation is 1. The zero-order valence-electron chi connectivity index (χ0n) is 9.25. The van der Waals surface area contributed by atoms with E-state index in [1.54, 1.807) is 0 Å². The van der Waals surface area contributed by atoms with Crippen molar-refractivity contribution in [2.24, 2.45) is 0 Å². The van der Waals surface area contributed by atoms with Crippen LogP contribution in [0.15, 0.2) is 12.3 Å². The second-order valence-electron chi connectivity index (χ2n) is 3.77. The molecule has 0 aliphatic carbocycles. The number of hydrogen-bond acceptors (Lipinski definition) is 3. The quantitative estimate of drug-likeness (QED) is 0.724. The zero-order valence-corrected chi connectivity index (χ0v) is 9.25. The van der Waals surface area contributed by atoms with Crippen LogP contribution in [-0.4, -0.2) is 23.6 Å². The molecule has 1 aromatic rings. The summed E-state index contributed by atoms with van der Waals surface area (Å²) < 4.78 is 0. The number of hydrogen-bond donors (Lipinski definition) is 1. The van der Waals surface area contributed by atoms with E-state index in [0.717, 1.165) is 30.9 Å². The fraction of sp³-hybridized carbons (Fsp3) is 0.636.